The Hall–Kier alpha value is -0.680. The number of rotatable bonds is 8. The maximum Gasteiger partial charge on any atom is 0.335 e. The summed E-state index contributed by atoms with van der Waals surface area (Å²) < 4.78 is 25.0. The molecule has 0 radical (unpaired) electrons. The molecule has 0 fully saturated rings. The third-order valence-corrected chi connectivity index (χ3v) is 2.96. The molecule has 0 saturated carbocycles. The Morgan fingerprint density at radius 1 is 1.50 bits per heavy atom. The van der Waals surface area contributed by atoms with Crippen LogP contribution in [0.15, 0.2) is 12.2 Å². The van der Waals surface area contributed by atoms with E-state index >= 15 is 0 Å². The summed E-state index contributed by atoms with van der Waals surface area (Å²) in [7, 11) is -2.39. The Balaban J connectivity index is 3.71. The zero-order valence-electron chi connectivity index (χ0n) is 9.47. The van der Waals surface area contributed by atoms with E-state index in [1.807, 2.05) is 0 Å². The lowest BCUT2D eigenvalue weighted by Gasteiger charge is -2.09. The molecule has 0 heterocycles. The van der Waals surface area contributed by atoms with Crippen LogP contribution in [0.2, 0.25) is 0 Å². The minimum atomic E-state index is -3.54. The van der Waals surface area contributed by atoms with E-state index in [4.69, 9.17) is 9.63 Å². The van der Waals surface area contributed by atoms with E-state index < -0.39 is 13.6 Å². The molecule has 0 spiro atoms. The summed E-state index contributed by atoms with van der Waals surface area (Å²) in [6, 6.07) is 0. The molecule has 0 aromatic rings. The lowest BCUT2D eigenvalue weighted by atomic mass is 10.3. The molecular weight excluding hydrogens is 235 g/mol. The second kappa shape index (κ2) is 7.57. The largest absolute Gasteiger partial charge is 0.463 e. The molecule has 7 heteroatoms. The van der Waals surface area contributed by atoms with Crippen molar-refractivity contribution in [3.05, 3.63) is 12.2 Å². The van der Waals surface area contributed by atoms with Gasteiger partial charge >= 0.3 is 13.6 Å². The molecule has 0 rings (SSSR count). The Bertz CT molecular complexity index is 288. The Morgan fingerprint density at radius 2 is 2.12 bits per heavy atom. The first-order valence-corrected chi connectivity index (χ1v) is 6.49. The summed E-state index contributed by atoms with van der Waals surface area (Å²) in [6.45, 7) is 5.41. The van der Waals surface area contributed by atoms with E-state index in [0.29, 0.717) is 0 Å². The van der Waals surface area contributed by atoms with Gasteiger partial charge in [-0.2, -0.15) is 0 Å². The minimum absolute atomic E-state index is 0.0139. The monoisotopic (exact) mass is 252 g/mol. The molecule has 0 aliphatic heterocycles. The SMILES string of the molecule is C=C(COCCP(=O)(O)OC)C(=O)OCC. The molecule has 0 aliphatic carbocycles. The molecule has 1 atom stereocenters. The van der Waals surface area contributed by atoms with Crippen LogP contribution in [-0.4, -0.2) is 44.0 Å². The Labute approximate surface area is 94.7 Å². The van der Waals surface area contributed by atoms with E-state index in [9.17, 15) is 9.36 Å². The molecule has 16 heavy (non-hydrogen) atoms. The van der Waals surface area contributed by atoms with Crippen LogP contribution < -0.4 is 0 Å². The van der Waals surface area contributed by atoms with Crippen LogP contribution in [0.4, 0.5) is 0 Å². The summed E-state index contributed by atoms with van der Waals surface area (Å²) in [5, 5.41) is 0. The molecule has 0 aliphatic rings. The van der Waals surface area contributed by atoms with Crippen molar-refractivity contribution in [1.29, 1.82) is 0 Å². The number of hydrogen-bond acceptors (Lipinski definition) is 5. The van der Waals surface area contributed by atoms with Crippen molar-refractivity contribution in [2.24, 2.45) is 0 Å². The van der Waals surface area contributed by atoms with E-state index in [1.54, 1.807) is 6.92 Å². The van der Waals surface area contributed by atoms with Crippen molar-refractivity contribution in [3.8, 4) is 0 Å². The van der Waals surface area contributed by atoms with Crippen molar-refractivity contribution < 1.29 is 28.3 Å². The van der Waals surface area contributed by atoms with Gasteiger partial charge in [-0.05, 0) is 6.92 Å². The van der Waals surface area contributed by atoms with Crippen LogP contribution >= 0.6 is 7.60 Å². The summed E-state index contributed by atoms with van der Waals surface area (Å²) >= 11 is 0. The predicted molar refractivity (Wildman–Crippen MR) is 58.3 cm³/mol. The third-order valence-electron chi connectivity index (χ3n) is 1.64. The first kappa shape index (κ1) is 15.3. The van der Waals surface area contributed by atoms with Gasteiger partial charge in [0.05, 0.1) is 31.6 Å². The summed E-state index contributed by atoms with van der Waals surface area (Å²) in [5.74, 6) is -0.526. The standard InChI is InChI=1S/C9H17O6P/c1-4-15-9(10)8(2)7-14-5-6-16(11,12)13-3/h2,4-7H2,1,3H3,(H,11,12). The third kappa shape index (κ3) is 6.74. The number of carbonyl (C=O) groups is 1. The van der Waals surface area contributed by atoms with Crippen molar-refractivity contribution in [3.63, 3.8) is 0 Å². The van der Waals surface area contributed by atoms with Gasteiger partial charge in [0.25, 0.3) is 0 Å². The molecule has 0 aromatic heterocycles. The highest BCUT2D eigenvalue weighted by Crippen LogP contribution is 2.39. The summed E-state index contributed by atoms with van der Waals surface area (Å²) in [4.78, 5) is 20.1. The molecular formula is C9H17O6P. The van der Waals surface area contributed by atoms with Crippen LogP contribution in [0, 0.1) is 0 Å². The predicted octanol–water partition coefficient (Wildman–Crippen LogP) is 0.954. The molecule has 0 bridgehead atoms. The fraction of sp³-hybridized carbons (Fsp3) is 0.667. The molecule has 0 aromatic carbocycles. The van der Waals surface area contributed by atoms with Crippen molar-refractivity contribution in [2.45, 2.75) is 6.92 Å². The molecule has 94 valence electrons. The molecule has 1 unspecified atom stereocenters. The first-order chi connectivity index (χ1) is 7.43. The summed E-state index contributed by atoms with van der Waals surface area (Å²) in [6.07, 6.45) is -0.125. The van der Waals surface area contributed by atoms with E-state index in [1.165, 1.54) is 0 Å². The average Bonchev–Trinajstić information content (AvgIpc) is 2.24. The van der Waals surface area contributed by atoms with Crippen molar-refractivity contribution in [1.82, 2.24) is 0 Å². The fourth-order valence-electron chi connectivity index (χ4n) is 0.759. The smallest absolute Gasteiger partial charge is 0.335 e. The number of ether oxygens (including phenoxy) is 2. The van der Waals surface area contributed by atoms with Gasteiger partial charge in [0.1, 0.15) is 0 Å². The lowest BCUT2D eigenvalue weighted by molar-refractivity contribution is -0.139. The highest BCUT2D eigenvalue weighted by atomic mass is 31.2. The zero-order valence-corrected chi connectivity index (χ0v) is 10.4. The fourth-order valence-corrected chi connectivity index (χ4v) is 1.30. The maximum atomic E-state index is 11.1. The highest BCUT2D eigenvalue weighted by molar-refractivity contribution is 7.52. The Kier molecular flexibility index (Phi) is 7.25. The lowest BCUT2D eigenvalue weighted by Crippen LogP contribution is -2.13. The first-order valence-electron chi connectivity index (χ1n) is 4.73. The second-order valence-electron chi connectivity index (χ2n) is 2.92. The highest BCUT2D eigenvalue weighted by Gasteiger charge is 2.16. The second-order valence-corrected chi connectivity index (χ2v) is 5.01. The average molecular weight is 252 g/mol. The van der Waals surface area contributed by atoms with Crippen LogP contribution in [0.3, 0.4) is 0 Å². The Morgan fingerprint density at radius 3 is 2.62 bits per heavy atom. The molecule has 0 amide bonds. The van der Waals surface area contributed by atoms with Gasteiger partial charge < -0.3 is 18.9 Å². The normalized spacial score (nSPS) is 14.2. The molecule has 1 N–H and O–H groups in total. The van der Waals surface area contributed by atoms with E-state index in [0.717, 1.165) is 7.11 Å². The maximum absolute atomic E-state index is 11.1. The van der Waals surface area contributed by atoms with Gasteiger partial charge in [-0.3, -0.25) is 4.57 Å². The van der Waals surface area contributed by atoms with Crippen LogP contribution in [0.1, 0.15) is 6.92 Å². The van der Waals surface area contributed by atoms with Gasteiger partial charge in [0.2, 0.25) is 0 Å². The van der Waals surface area contributed by atoms with E-state index in [-0.39, 0.29) is 31.6 Å². The quantitative estimate of drug-likeness (QED) is 0.300. The zero-order chi connectivity index (χ0) is 12.6. The van der Waals surface area contributed by atoms with Crippen LogP contribution in [0.5, 0.6) is 0 Å². The minimum Gasteiger partial charge on any atom is -0.463 e. The van der Waals surface area contributed by atoms with E-state index in [2.05, 4.69) is 15.8 Å². The van der Waals surface area contributed by atoms with Crippen LogP contribution in [-0.2, 0) is 23.4 Å². The summed E-state index contributed by atoms with van der Waals surface area (Å²) in [5.41, 5.74) is 0.173. The molecule has 0 saturated heterocycles. The number of esters is 1. The van der Waals surface area contributed by atoms with Crippen molar-refractivity contribution >= 4 is 13.6 Å². The van der Waals surface area contributed by atoms with Crippen LogP contribution in [0.25, 0.3) is 0 Å². The number of hydrogen-bond donors (Lipinski definition) is 1. The van der Waals surface area contributed by atoms with Gasteiger partial charge in [-0.25, -0.2) is 4.79 Å². The van der Waals surface area contributed by atoms with Crippen molar-refractivity contribution in [2.75, 3.05) is 33.1 Å². The van der Waals surface area contributed by atoms with Gasteiger partial charge in [-0.15, -0.1) is 0 Å². The van der Waals surface area contributed by atoms with Gasteiger partial charge in [0.15, 0.2) is 0 Å². The van der Waals surface area contributed by atoms with Gasteiger partial charge in [-0.1, -0.05) is 6.58 Å². The molecule has 6 nitrogen and oxygen atoms in total. The number of carbonyl (C=O) groups excluding carboxylic acids is 1. The topological polar surface area (TPSA) is 82.1 Å². The van der Waals surface area contributed by atoms with Gasteiger partial charge in [0, 0.05) is 7.11 Å².